The molecule has 0 atom stereocenters. The van der Waals surface area contributed by atoms with Gasteiger partial charge in [0.05, 0.1) is 19.9 Å². The van der Waals surface area contributed by atoms with Crippen LogP contribution in [0, 0.1) is 0 Å². The van der Waals surface area contributed by atoms with E-state index >= 15 is 0 Å². The predicted molar refractivity (Wildman–Crippen MR) is 103 cm³/mol. The molecule has 2 N–H and O–H groups in total. The van der Waals surface area contributed by atoms with Crippen LogP contribution in [0.4, 0.5) is 5.69 Å². The molecule has 1 aromatic heterocycles. The molecule has 8 heteroatoms. The summed E-state index contributed by atoms with van der Waals surface area (Å²) in [6.45, 7) is 0. The number of halogens is 1. The van der Waals surface area contributed by atoms with Gasteiger partial charge in [0.25, 0.3) is 11.5 Å². The van der Waals surface area contributed by atoms with Gasteiger partial charge in [-0.15, -0.1) is 0 Å². The number of benzene rings is 2. The lowest BCUT2D eigenvalue weighted by Gasteiger charge is -2.11. The molecule has 0 aliphatic heterocycles. The Morgan fingerprint density at radius 2 is 1.85 bits per heavy atom. The number of methoxy groups -OCH3 is 2. The fourth-order valence-electron chi connectivity index (χ4n) is 2.41. The highest BCUT2D eigenvalue weighted by atomic mass is 35.5. The predicted octanol–water partition coefficient (Wildman–Crippen LogP) is 3.36. The molecule has 0 unspecified atom stereocenters. The van der Waals surface area contributed by atoms with Crippen molar-refractivity contribution in [2.75, 3.05) is 19.5 Å². The maximum atomic E-state index is 12.5. The van der Waals surface area contributed by atoms with Crippen LogP contribution in [0.1, 0.15) is 10.4 Å². The average Bonchev–Trinajstić information content (AvgIpc) is 2.68. The van der Waals surface area contributed by atoms with E-state index in [9.17, 15) is 9.59 Å². The van der Waals surface area contributed by atoms with Crippen LogP contribution in [0.25, 0.3) is 11.4 Å². The number of ether oxygens (including phenoxy) is 2. The highest BCUT2D eigenvalue weighted by molar-refractivity contribution is 6.30. The minimum absolute atomic E-state index is 0.127. The van der Waals surface area contributed by atoms with Crippen LogP contribution in [-0.4, -0.2) is 30.1 Å². The van der Waals surface area contributed by atoms with Gasteiger partial charge in [-0.3, -0.25) is 9.59 Å². The Morgan fingerprint density at radius 1 is 1.11 bits per heavy atom. The Balaban J connectivity index is 1.88. The fraction of sp³-hybridized carbons (Fsp3) is 0.105. The summed E-state index contributed by atoms with van der Waals surface area (Å²) in [5, 5.41) is 3.21. The first-order valence-electron chi connectivity index (χ1n) is 7.90. The molecule has 1 amide bonds. The van der Waals surface area contributed by atoms with Crippen molar-refractivity contribution in [1.82, 2.24) is 9.97 Å². The van der Waals surface area contributed by atoms with Crippen molar-refractivity contribution < 1.29 is 14.3 Å². The van der Waals surface area contributed by atoms with Crippen LogP contribution >= 0.6 is 11.6 Å². The van der Waals surface area contributed by atoms with Crippen LogP contribution in [0.15, 0.2) is 53.5 Å². The molecule has 0 fully saturated rings. The molecule has 27 heavy (non-hydrogen) atoms. The molecule has 0 saturated heterocycles. The van der Waals surface area contributed by atoms with Gasteiger partial charge in [0, 0.05) is 22.8 Å². The summed E-state index contributed by atoms with van der Waals surface area (Å²) in [6.07, 6.45) is 1.23. The molecule has 0 spiro atoms. The molecule has 138 valence electrons. The van der Waals surface area contributed by atoms with E-state index in [-0.39, 0.29) is 5.56 Å². The molecule has 1 heterocycles. The molecule has 0 saturated carbocycles. The van der Waals surface area contributed by atoms with Crippen molar-refractivity contribution >= 4 is 23.2 Å². The molecule has 2 aromatic carbocycles. The lowest BCUT2D eigenvalue weighted by Crippen LogP contribution is -2.24. The van der Waals surface area contributed by atoms with Crippen LogP contribution in [-0.2, 0) is 0 Å². The quantitative estimate of drug-likeness (QED) is 0.702. The molecular weight excluding hydrogens is 370 g/mol. The zero-order valence-corrected chi connectivity index (χ0v) is 15.3. The molecule has 0 bridgehead atoms. The zero-order chi connectivity index (χ0) is 19.4. The minimum Gasteiger partial charge on any atom is -0.497 e. The van der Waals surface area contributed by atoms with E-state index in [0.29, 0.717) is 33.6 Å². The lowest BCUT2D eigenvalue weighted by atomic mass is 10.2. The summed E-state index contributed by atoms with van der Waals surface area (Å²) in [5.74, 6) is 0.702. The Morgan fingerprint density at radius 3 is 2.48 bits per heavy atom. The van der Waals surface area contributed by atoms with Crippen LogP contribution < -0.4 is 20.3 Å². The first kappa shape index (κ1) is 18.5. The topological polar surface area (TPSA) is 93.3 Å². The van der Waals surface area contributed by atoms with Gasteiger partial charge in [-0.2, -0.15) is 0 Å². The van der Waals surface area contributed by atoms with Gasteiger partial charge < -0.3 is 19.8 Å². The van der Waals surface area contributed by atoms with Crippen molar-refractivity contribution in [1.29, 1.82) is 0 Å². The molecule has 7 nitrogen and oxygen atoms in total. The number of rotatable bonds is 5. The number of H-pyrrole nitrogens is 1. The van der Waals surface area contributed by atoms with E-state index < -0.39 is 11.5 Å². The summed E-state index contributed by atoms with van der Waals surface area (Å²) < 4.78 is 10.4. The van der Waals surface area contributed by atoms with Gasteiger partial charge in [0.15, 0.2) is 0 Å². The van der Waals surface area contributed by atoms with Gasteiger partial charge in [-0.25, -0.2) is 4.98 Å². The number of nitrogens with one attached hydrogen (secondary N) is 2. The first-order chi connectivity index (χ1) is 13.0. The van der Waals surface area contributed by atoms with Gasteiger partial charge >= 0.3 is 0 Å². The maximum Gasteiger partial charge on any atom is 0.264 e. The highest BCUT2D eigenvalue weighted by Crippen LogP contribution is 2.29. The van der Waals surface area contributed by atoms with E-state index in [4.69, 9.17) is 21.1 Å². The smallest absolute Gasteiger partial charge is 0.264 e. The van der Waals surface area contributed by atoms with E-state index in [0.717, 1.165) is 0 Å². The second-order valence-corrected chi connectivity index (χ2v) is 5.94. The van der Waals surface area contributed by atoms with Crippen LogP contribution in [0.5, 0.6) is 11.5 Å². The molecule has 3 aromatic rings. The third-order valence-corrected chi connectivity index (χ3v) is 4.07. The lowest BCUT2D eigenvalue weighted by molar-refractivity contribution is 0.102. The van der Waals surface area contributed by atoms with E-state index in [1.54, 1.807) is 42.5 Å². The Labute approximate surface area is 159 Å². The molecule has 0 aliphatic carbocycles. The largest absolute Gasteiger partial charge is 0.497 e. The van der Waals surface area contributed by atoms with Crippen molar-refractivity contribution in [2.24, 2.45) is 0 Å². The van der Waals surface area contributed by atoms with E-state index in [2.05, 4.69) is 15.3 Å². The number of aromatic nitrogens is 2. The highest BCUT2D eigenvalue weighted by Gasteiger charge is 2.15. The van der Waals surface area contributed by atoms with Crippen molar-refractivity contribution in [2.45, 2.75) is 0 Å². The summed E-state index contributed by atoms with van der Waals surface area (Å²) in [4.78, 5) is 31.6. The Hall–Kier alpha value is -3.32. The number of anilines is 1. The standard InChI is InChI=1S/C19H16ClN3O4/c1-26-13-7-8-16(27-2)15(9-13)22-18(24)14-10-21-17(23-19(14)25)11-3-5-12(20)6-4-11/h3-10H,1-2H3,(H,22,24)(H,21,23,25). The number of nitrogens with zero attached hydrogens (tertiary/aromatic N) is 1. The number of amides is 1. The Kier molecular flexibility index (Phi) is 5.42. The summed E-state index contributed by atoms with van der Waals surface area (Å²) in [6, 6.07) is 11.8. The van der Waals surface area contributed by atoms with E-state index in [1.165, 1.54) is 20.4 Å². The first-order valence-corrected chi connectivity index (χ1v) is 8.28. The fourth-order valence-corrected chi connectivity index (χ4v) is 2.54. The van der Waals surface area contributed by atoms with Crippen molar-refractivity contribution in [3.8, 4) is 22.9 Å². The molecular formula is C19H16ClN3O4. The van der Waals surface area contributed by atoms with E-state index in [1.807, 2.05) is 0 Å². The van der Waals surface area contributed by atoms with Gasteiger partial charge in [-0.05, 0) is 36.4 Å². The molecule has 0 radical (unpaired) electrons. The third kappa shape index (κ3) is 4.09. The average molecular weight is 386 g/mol. The van der Waals surface area contributed by atoms with Crippen LogP contribution in [0.3, 0.4) is 0 Å². The van der Waals surface area contributed by atoms with Gasteiger partial charge in [0.1, 0.15) is 22.9 Å². The summed E-state index contributed by atoms with van der Waals surface area (Å²) >= 11 is 5.86. The number of carbonyl (C=O) groups excluding carboxylic acids is 1. The minimum atomic E-state index is -0.613. The number of carbonyl (C=O) groups is 1. The van der Waals surface area contributed by atoms with Gasteiger partial charge in [0.2, 0.25) is 0 Å². The second kappa shape index (κ2) is 7.92. The molecule has 3 rings (SSSR count). The van der Waals surface area contributed by atoms with Crippen molar-refractivity contribution in [3.05, 3.63) is 69.6 Å². The second-order valence-electron chi connectivity index (χ2n) is 5.50. The third-order valence-electron chi connectivity index (χ3n) is 3.82. The van der Waals surface area contributed by atoms with Crippen molar-refractivity contribution in [3.63, 3.8) is 0 Å². The van der Waals surface area contributed by atoms with Crippen LogP contribution in [0.2, 0.25) is 5.02 Å². The summed E-state index contributed by atoms with van der Waals surface area (Å²) in [5.41, 5.74) is 0.368. The Bertz CT molecular complexity index is 1030. The SMILES string of the molecule is COc1ccc(OC)c(NC(=O)c2cnc(-c3ccc(Cl)cc3)[nH]c2=O)c1. The normalized spacial score (nSPS) is 10.3. The maximum absolute atomic E-state index is 12.5. The monoisotopic (exact) mass is 385 g/mol. The zero-order valence-electron chi connectivity index (χ0n) is 14.6. The number of aromatic amines is 1. The van der Waals surface area contributed by atoms with Gasteiger partial charge in [-0.1, -0.05) is 11.6 Å². The number of hydrogen-bond donors (Lipinski definition) is 2. The summed E-state index contributed by atoms with van der Waals surface area (Å²) in [7, 11) is 2.99. The number of hydrogen-bond acceptors (Lipinski definition) is 5. The molecule has 0 aliphatic rings.